The molecule has 1 amide bonds. The van der Waals surface area contributed by atoms with Gasteiger partial charge in [0.1, 0.15) is 5.60 Å². The quantitative estimate of drug-likeness (QED) is 0.437. The van der Waals surface area contributed by atoms with Crippen LogP contribution in [0.15, 0.2) is 48.7 Å². The molecule has 1 aromatic heterocycles. The summed E-state index contributed by atoms with van der Waals surface area (Å²) < 4.78 is 6.93. The van der Waals surface area contributed by atoms with E-state index in [0.717, 1.165) is 16.5 Å². The summed E-state index contributed by atoms with van der Waals surface area (Å²) in [4.78, 5) is 25.1. The zero-order valence-corrected chi connectivity index (χ0v) is 18.5. The van der Waals surface area contributed by atoms with Crippen LogP contribution in [0.1, 0.15) is 31.9 Å². The number of phenols is 2. The zero-order chi connectivity index (χ0) is 23.5. The summed E-state index contributed by atoms with van der Waals surface area (Å²) in [6.07, 6.45) is 1.91. The third-order valence-corrected chi connectivity index (χ3v) is 4.91. The van der Waals surface area contributed by atoms with Gasteiger partial charge in [0.2, 0.25) is 5.91 Å². The van der Waals surface area contributed by atoms with Gasteiger partial charge in [-0.05, 0) is 62.9 Å². The number of nitrogens with one attached hydrogen (secondary N) is 1. The first kappa shape index (κ1) is 23.1. The molecule has 0 unspecified atom stereocenters. The minimum Gasteiger partial charge on any atom is -0.504 e. The minimum absolute atomic E-state index is 0.189. The average molecular weight is 440 g/mol. The predicted molar refractivity (Wildman–Crippen MR) is 122 cm³/mol. The van der Waals surface area contributed by atoms with Crippen LogP contribution in [0.3, 0.4) is 0 Å². The Kier molecular flexibility index (Phi) is 6.74. The van der Waals surface area contributed by atoms with E-state index in [4.69, 9.17) is 10.5 Å². The number of aromatic hydroxyl groups is 2. The molecule has 0 radical (unpaired) electrons. The summed E-state index contributed by atoms with van der Waals surface area (Å²) in [5.41, 5.74) is 7.75. The first-order chi connectivity index (χ1) is 15.0. The molecular formula is C24H29N3O5. The van der Waals surface area contributed by atoms with Crippen LogP contribution in [0.2, 0.25) is 0 Å². The van der Waals surface area contributed by atoms with Crippen LogP contribution in [0.25, 0.3) is 10.9 Å². The van der Waals surface area contributed by atoms with Crippen molar-refractivity contribution < 1.29 is 24.5 Å². The molecule has 1 atom stereocenters. The number of carbonyl (C=O) groups excluding carboxylic acids is 2. The summed E-state index contributed by atoms with van der Waals surface area (Å²) in [7, 11) is 0. The second kappa shape index (κ2) is 9.32. The standard InChI is InChI=1S/C24H29N3O5/c1-24(2,3)32-23(31)27-14-16(17-6-4-5-7-19(17)27)13-18(25)22(30)26-11-10-15-8-9-20(28)21(29)12-15/h4-9,12,14,18,28-29H,10-11,13,25H2,1-3H3,(H,26,30)/t18-/m0/s1. The lowest BCUT2D eigenvalue weighted by atomic mass is 10.0. The molecule has 0 bridgehead atoms. The number of phenolic OH excluding ortho intramolecular Hbond substituents is 2. The maximum atomic E-state index is 12.6. The highest BCUT2D eigenvalue weighted by Gasteiger charge is 2.22. The van der Waals surface area contributed by atoms with Gasteiger partial charge in [-0.25, -0.2) is 4.79 Å². The van der Waals surface area contributed by atoms with Crippen LogP contribution in [0, 0.1) is 0 Å². The van der Waals surface area contributed by atoms with E-state index in [1.54, 1.807) is 33.0 Å². The molecule has 2 aromatic carbocycles. The van der Waals surface area contributed by atoms with Gasteiger partial charge in [-0.2, -0.15) is 0 Å². The first-order valence-corrected chi connectivity index (χ1v) is 10.4. The van der Waals surface area contributed by atoms with E-state index in [1.807, 2.05) is 24.3 Å². The summed E-state index contributed by atoms with van der Waals surface area (Å²) in [6.45, 7) is 5.74. The molecule has 5 N–H and O–H groups in total. The Morgan fingerprint density at radius 3 is 2.53 bits per heavy atom. The van der Waals surface area contributed by atoms with Crippen LogP contribution in [-0.2, 0) is 22.4 Å². The van der Waals surface area contributed by atoms with Gasteiger partial charge < -0.3 is 26.0 Å². The van der Waals surface area contributed by atoms with Crippen molar-refractivity contribution in [2.45, 2.75) is 45.3 Å². The number of hydrogen-bond acceptors (Lipinski definition) is 6. The Hall–Kier alpha value is -3.52. The van der Waals surface area contributed by atoms with Crippen molar-refractivity contribution in [3.05, 3.63) is 59.8 Å². The SMILES string of the molecule is CC(C)(C)OC(=O)n1cc(C[C@H](N)C(=O)NCCc2ccc(O)c(O)c2)c2ccccc21. The third-order valence-electron chi connectivity index (χ3n) is 4.91. The maximum Gasteiger partial charge on any atom is 0.419 e. The van der Waals surface area contributed by atoms with E-state index in [0.29, 0.717) is 18.5 Å². The molecule has 32 heavy (non-hydrogen) atoms. The van der Waals surface area contributed by atoms with Gasteiger partial charge in [0.05, 0.1) is 11.6 Å². The number of nitrogens with two attached hydrogens (primary N) is 1. The fourth-order valence-corrected chi connectivity index (χ4v) is 3.39. The summed E-state index contributed by atoms with van der Waals surface area (Å²) in [6, 6.07) is 11.1. The fourth-order valence-electron chi connectivity index (χ4n) is 3.39. The number of aromatic nitrogens is 1. The molecule has 3 rings (SSSR count). The zero-order valence-electron chi connectivity index (χ0n) is 18.5. The summed E-state index contributed by atoms with van der Waals surface area (Å²) >= 11 is 0. The van der Waals surface area contributed by atoms with Gasteiger partial charge in [-0.3, -0.25) is 9.36 Å². The van der Waals surface area contributed by atoms with Crippen molar-refractivity contribution in [2.24, 2.45) is 5.73 Å². The van der Waals surface area contributed by atoms with Crippen molar-refractivity contribution in [3.63, 3.8) is 0 Å². The molecule has 0 spiro atoms. The second-order valence-electron chi connectivity index (χ2n) is 8.70. The summed E-state index contributed by atoms with van der Waals surface area (Å²) in [5, 5.41) is 22.6. The van der Waals surface area contributed by atoms with Gasteiger partial charge in [-0.15, -0.1) is 0 Å². The van der Waals surface area contributed by atoms with Gasteiger partial charge >= 0.3 is 6.09 Å². The van der Waals surface area contributed by atoms with Gasteiger partial charge in [0.15, 0.2) is 11.5 Å². The monoisotopic (exact) mass is 439 g/mol. The first-order valence-electron chi connectivity index (χ1n) is 10.4. The van der Waals surface area contributed by atoms with Gasteiger partial charge in [0.25, 0.3) is 0 Å². The highest BCUT2D eigenvalue weighted by atomic mass is 16.6. The maximum absolute atomic E-state index is 12.6. The molecule has 1 heterocycles. The smallest absolute Gasteiger partial charge is 0.419 e. The van der Waals surface area contributed by atoms with Crippen molar-refractivity contribution >= 4 is 22.9 Å². The molecule has 0 aliphatic rings. The van der Waals surface area contributed by atoms with Crippen molar-refractivity contribution in [2.75, 3.05) is 6.54 Å². The molecule has 0 saturated carbocycles. The molecule has 8 nitrogen and oxygen atoms in total. The van der Waals surface area contributed by atoms with E-state index in [2.05, 4.69) is 5.32 Å². The van der Waals surface area contributed by atoms with E-state index in [1.165, 1.54) is 16.7 Å². The molecule has 170 valence electrons. The van der Waals surface area contributed by atoms with Crippen LogP contribution in [0.5, 0.6) is 11.5 Å². The highest BCUT2D eigenvalue weighted by Crippen LogP contribution is 2.25. The Morgan fingerprint density at radius 1 is 1.12 bits per heavy atom. The average Bonchev–Trinajstić information content (AvgIpc) is 3.08. The van der Waals surface area contributed by atoms with E-state index < -0.39 is 17.7 Å². The highest BCUT2D eigenvalue weighted by molar-refractivity contribution is 5.92. The molecule has 8 heteroatoms. The van der Waals surface area contributed by atoms with Gasteiger partial charge in [-0.1, -0.05) is 24.3 Å². The Bertz CT molecular complexity index is 1130. The number of rotatable bonds is 6. The number of carbonyl (C=O) groups is 2. The normalized spacial score (nSPS) is 12.5. The molecule has 0 fully saturated rings. The fraction of sp³-hybridized carbons (Fsp3) is 0.333. The Morgan fingerprint density at radius 2 is 1.84 bits per heavy atom. The van der Waals surface area contributed by atoms with Crippen molar-refractivity contribution in [1.29, 1.82) is 0 Å². The van der Waals surface area contributed by atoms with E-state index >= 15 is 0 Å². The van der Waals surface area contributed by atoms with Crippen molar-refractivity contribution in [1.82, 2.24) is 9.88 Å². The Balaban J connectivity index is 1.66. The topological polar surface area (TPSA) is 127 Å². The molecule has 0 saturated heterocycles. The third kappa shape index (κ3) is 5.59. The van der Waals surface area contributed by atoms with Crippen LogP contribution < -0.4 is 11.1 Å². The lowest BCUT2D eigenvalue weighted by Gasteiger charge is -2.19. The van der Waals surface area contributed by atoms with E-state index in [-0.39, 0.29) is 23.8 Å². The number of benzene rings is 2. The molecule has 3 aromatic rings. The van der Waals surface area contributed by atoms with Crippen LogP contribution in [0.4, 0.5) is 4.79 Å². The largest absolute Gasteiger partial charge is 0.504 e. The molecule has 0 aliphatic carbocycles. The number of ether oxygens (including phenoxy) is 1. The number of nitrogens with zero attached hydrogens (tertiary/aromatic N) is 1. The summed E-state index contributed by atoms with van der Waals surface area (Å²) in [5.74, 6) is -0.709. The van der Waals surface area contributed by atoms with Gasteiger partial charge in [0, 0.05) is 18.1 Å². The lowest BCUT2D eigenvalue weighted by Crippen LogP contribution is -2.42. The van der Waals surface area contributed by atoms with Crippen LogP contribution in [-0.4, -0.2) is 45.0 Å². The molecule has 0 aliphatic heterocycles. The van der Waals surface area contributed by atoms with Crippen molar-refractivity contribution in [3.8, 4) is 11.5 Å². The lowest BCUT2D eigenvalue weighted by molar-refractivity contribution is -0.122. The molecular weight excluding hydrogens is 410 g/mol. The minimum atomic E-state index is -0.805. The van der Waals surface area contributed by atoms with Crippen LogP contribution >= 0.6 is 0 Å². The predicted octanol–water partition coefficient (Wildman–Crippen LogP) is 3.06. The number of para-hydroxylation sites is 1. The number of fused-ring (bicyclic) bond motifs is 1. The number of amides is 1. The second-order valence-corrected chi connectivity index (χ2v) is 8.70. The number of hydrogen-bond donors (Lipinski definition) is 4. The Labute approximate surface area is 186 Å². The van der Waals surface area contributed by atoms with E-state index in [9.17, 15) is 19.8 Å².